The van der Waals surface area contributed by atoms with E-state index >= 15 is 0 Å². The molecule has 23 heavy (non-hydrogen) atoms. The van der Waals surface area contributed by atoms with Crippen LogP contribution in [0.15, 0.2) is 35.9 Å². The van der Waals surface area contributed by atoms with E-state index < -0.39 is 6.10 Å². The van der Waals surface area contributed by atoms with Crippen molar-refractivity contribution in [2.45, 2.75) is 51.6 Å². The van der Waals surface area contributed by atoms with Crippen LogP contribution >= 0.6 is 0 Å². The molecule has 1 atom stereocenters. The Morgan fingerprint density at radius 3 is 2.70 bits per heavy atom. The van der Waals surface area contributed by atoms with E-state index in [1.807, 2.05) is 31.2 Å². The van der Waals surface area contributed by atoms with E-state index in [2.05, 4.69) is 11.4 Å². The van der Waals surface area contributed by atoms with Crippen molar-refractivity contribution >= 4 is 5.91 Å². The van der Waals surface area contributed by atoms with Gasteiger partial charge in [0.1, 0.15) is 0 Å². The van der Waals surface area contributed by atoms with Gasteiger partial charge in [0.05, 0.1) is 7.11 Å². The van der Waals surface area contributed by atoms with Crippen LogP contribution in [0.2, 0.25) is 0 Å². The van der Waals surface area contributed by atoms with Crippen LogP contribution in [0.3, 0.4) is 0 Å². The summed E-state index contributed by atoms with van der Waals surface area (Å²) in [6, 6.07) is 7.40. The third kappa shape index (κ3) is 5.31. The van der Waals surface area contributed by atoms with Crippen LogP contribution in [0.5, 0.6) is 11.5 Å². The van der Waals surface area contributed by atoms with E-state index in [4.69, 9.17) is 9.47 Å². The first-order valence-electron chi connectivity index (χ1n) is 8.50. The summed E-state index contributed by atoms with van der Waals surface area (Å²) in [5.41, 5.74) is 1.47. The molecule has 0 saturated heterocycles. The zero-order chi connectivity index (χ0) is 16.5. The number of carbonyl (C=O) groups is 1. The highest BCUT2D eigenvalue weighted by Gasteiger charge is 2.19. The van der Waals surface area contributed by atoms with Gasteiger partial charge in [-0.25, -0.2) is 0 Å². The summed E-state index contributed by atoms with van der Waals surface area (Å²) in [5.74, 6) is 1.19. The molecule has 0 unspecified atom stereocenters. The largest absolute Gasteiger partial charge is 0.493 e. The van der Waals surface area contributed by atoms with Gasteiger partial charge in [-0.3, -0.25) is 4.79 Å². The van der Waals surface area contributed by atoms with Crippen molar-refractivity contribution in [3.8, 4) is 11.5 Å². The molecule has 0 bridgehead atoms. The lowest BCUT2D eigenvalue weighted by molar-refractivity contribution is -0.128. The van der Waals surface area contributed by atoms with Crippen LogP contribution in [0.25, 0.3) is 0 Å². The average molecular weight is 317 g/mol. The molecule has 0 spiro atoms. The highest BCUT2D eigenvalue weighted by atomic mass is 16.5. The molecule has 126 valence electrons. The second kappa shape index (κ2) is 9.23. The Morgan fingerprint density at radius 1 is 1.26 bits per heavy atom. The molecule has 0 aromatic heterocycles. The average Bonchev–Trinajstić information content (AvgIpc) is 2.60. The van der Waals surface area contributed by atoms with Gasteiger partial charge in [-0.2, -0.15) is 0 Å². The van der Waals surface area contributed by atoms with Crippen molar-refractivity contribution in [2.75, 3.05) is 13.7 Å². The van der Waals surface area contributed by atoms with Crippen LogP contribution in [-0.4, -0.2) is 25.7 Å². The Hall–Kier alpha value is -1.97. The Morgan fingerprint density at radius 2 is 2.04 bits per heavy atom. The van der Waals surface area contributed by atoms with Gasteiger partial charge in [0.15, 0.2) is 17.6 Å². The van der Waals surface area contributed by atoms with Gasteiger partial charge in [0.2, 0.25) is 0 Å². The predicted molar refractivity (Wildman–Crippen MR) is 91.9 cm³/mol. The standard InChI is InChI=1S/C19H27NO3/c1-3-16(23-18-12-8-7-11-17(18)22-2)19(21)20-14-13-15-9-5-4-6-10-15/h7-9,11-12,16H,3-6,10,13-14H2,1-2H3,(H,20,21)/t16-/m0/s1. The molecule has 0 radical (unpaired) electrons. The quantitative estimate of drug-likeness (QED) is 0.741. The lowest BCUT2D eigenvalue weighted by Gasteiger charge is -2.19. The van der Waals surface area contributed by atoms with Gasteiger partial charge in [-0.15, -0.1) is 0 Å². The molecule has 0 fully saturated rings. The number of allylic oxidation sites excluding steroid dienone is 1. The molecule has 1 aliphatic carbocycles. The minimum atomic E-state index is -0.494. The molecule has 1 N–H and O–H groups in total. The fraction of sp³-hybridized carbons (Fsp3) is 0.526. The van der Waals surface area contributed by atoms with Crippen molar-refractivity contribution < 1.29 is 14.3 Å². The number of ether oxygens (including phenoxy) is 2. The van der Waals surface area contributed by atoms with Crippen molar-refractivity contribution in [3.05, 3.63) is 35.9 Å². The number of para-hydroxylation sites is 2. The first-order valence-corrected chi connectivity index (χ1v) is 8.50. The maximum absolute atomic E-state index is 12.3. The third-order valence-electron chi connectivity index (χ3n) is 4.13. The first-order chi connectivity index (χ1) is 11.2. The van der Waals surface area contributed by atoms with Crippen molar-refractivity contribution in [1.82, 2.24) is 5.32 Å². The zero-order valence-electron chi connectivity index (χ0n) is 14.1. The number of rotatable bonds is 8. The minimum Gasteiger partial charge on any atom is -0.493 e. The Kier molecular flexibility index (Phi) is 6.98. The second-order valence-electron chi connectivity index (χ2n) is 5.81. The van der Waals surface area contributed by atoms with Gasteiger partial charge in [-0.05, 0) is 50.7 Å². The van der Waals surface area contributed by atoms with Gasteiger partial charge in [0, 0.05) is 6.54 Å². The molecule has 1 aliphatic rings. The smallest absolute Gasteiger partial charge is 0.261 e. The molecular formula is C19H27NO3. The van der Waals surface area contributed by atoms with Crippen LogP contribution in [0.4, 0.5) is 0 Å². The lowest BCUT2D eigenvalue weighted by Crippen LogP contribution is -2.38. The summed E-state index contributed by atoms with van der Waals surface area (Å²) in [5, 5.41) is 2.99. The molecular weight excluding hydrogens is 290 g/mol. The SMILES string of the molecule is CC[C@H](Oc1ccccc1OC)C(=O)NCCC1=CCCCC1. The molecule has 4 nitrogen and oxygen atoms in total. The van der Waals surface area contributed by atoms with E-state index in [0.29, 0.717) is 24.5 Å². The predicted octanol–water partition coefficient (Wildman–Crippen LogP) is 3.86. The molecule has 0 aliphatic heterocycles. The van der Waals surface area contributed by atoms with Gasteiger partial charge >= 0.3 is 0 Å². The van der Waals surface area contributed by atoms with Gasteiger partial charge < -0.3 is 14.8 Å². The van der Waals surface area contributed by atoms with E-state index in [9.17, 15) is 4.79 Å². The Bertz CT molecular complexity index is 539. The molecule has 4 heteroatoms. The minimum absolute atomic E-state index is 0.0604. The lowest BCUT2D eigenvalue weighted by atomic mass is 9.97. The monoisotopic (exact) mass is 317 g/mol. The van der Waals surface area contributed by atoms with Gasteiger partial charge in [0.25, 0.3) is 5.91 Å². The van der Waals surface area contributed by atoms with Crippen molar-refractivity contribution in [2.24, 2.45) is 0 Å². The number of nitrogens with one attached hydrogen (secondary N) is 1. The molecule has 2 rings (SSSR count). The number of benzene rings is 1. The highest BCUT2D eigenvalue weighted by Crippen LogP contribution is 2.27. The summed E-state index contributed by atoms with van der Waals surface area (Å²) in [4.78, 5) is 12.3. The maximum Gasteiger partial charge on any atom is 0.261 e. The van der Waals surface area contributed by atoms with Crippen molar-refractivity contribution in [3.63, 3.8) is 0 Å². The van der Waals surface area contributed by atoms with E-state index in [1.165, 1.54) is 31.3 Å². The molecule has 1 amide bonds. The molecule has 1 aromatic carbocycles. The second-order valence-corrected chi connectivity index (χ2v) is 5.81. The van der Waals surface area contributed by atoms with Crippen LogP contribution in [0, 0.1) is 0 Å². The van der Waals surface area contributed by atoms with E-state index in [0.717, 1.165) is 6.42 Å². The summed E-state index contributed by atoms with van der Waals surface area (Å²) in [6.45, 7) is 2.62. The molecule has 1 aromatic rings. The maximum atomic E-state index is 12.3. The van der Waals surface area contributed by atoms with Crippen LogP contribution in [0.1, 0.15) is 45.4 Å². The highest BCUT2D eigenvalue weighted by molar-refractivity contribution is 5.81. The normalized spacial score (nSPS) is 15.5. The summed E-state index contributed by atoms with van der Waals surface area (Å²) >= 11 is 0. The fourth-order valence-corrected chi connectivity index (χ4v) is 2.78. The van der Waals surface area contributed by atoms with Gasteiger partial charge in [-0.1, -0.05) is 30.7 Å². The van der Waals surface area contributed by atoms with E-state index in [1.54, 1.807) is 7.11 Å². The fourth-order valence-electron chi connectivity index (χ4n) is 2.78. The van der Waals surface area contributed by atoms with Crippen LogP contribution < -0.4 is 14.8 Å². The number of methoxy groups -OCH3 is 1. The molecule has 0 heterocycles. The number of hydrogen-bond acceptors (Lipinski definition) is 3. The van der Waals surface area contributed by atoms with Crippen molar-refractivity contribution in [1.29, 1.82) is 0 Å². The van der Waals surface area contributed by atoms with Crippen LogP contribution in [-0.2, 0) is 4.79 Å². The summed E-state index contributed by atoms with van der Waals surface area (Å²) in [6.07, 6.45) is 8.30. The molecule has 0 saturated carbocycles. The third-order valence-corrected chi connectivity index (χ3v) is 4.13. The zero-order valence-corrected chi connectivity index (χ0v) is 14.1. The number of amides is 1. The Balaban J connectivity index is 1.84. The Labute approximate surface area is 138 Å². The topological polar surface area (TPSA) is 47.6 Å². The number of carbonyl (C=O) groups excluding carboxylic acids is 1. The summed E-state index contributed by atoms with van der Waals surface area (Å²) in [7, 11) is 1.60. The van der Waals surface area contributed by atoms with E-state index in [-0.39, 0.29) is 5.91 Å². The number of hydrogen-bond donors (Lipinski definition) is 1. The summed E-state index contributed by atoms with van der Waals surface area (Å²) < 4.78 is 11.1. The first kappa shape index (κ1) is 17.4.